The van der Waals surface area contributed by atoms with Gasteiger partial charge in [0.1, 0.15) is 12.0 Å². The molecule has 1 aromatic rings. The number of pyridine rings is 1. The van der Waals surface area contributed by atoms with E-state index in [4.69, 9.17) is 0 Å². The van der Waals surface area contributed by atoms with Crippen molar-refractivity contribution >= 4 is 17.4 Å². The number of alkyl halides is 3. The van der Waals surface area contributed by atoms with E-state index in [-0.39, 0.29) is 48.8 Å². The van der Waals surface area contributed by atoms with Crippen LogP contribution < -0.4 is 10.6 Å². The lowest BCUT2D eigenvalue weighted by Crippen LogP contribution is -2.40. The average Bonchev–Trinajstić information content (AvgIpc) is 2.53. The molecule has 1 fully saturated rings. The molecule has 0 spiro atoms. The third kappa shape index (κ3) is 4.12. The smallest absolute Gasteiger partial charge is 0.372 e. The lowest BCUT2D eigenvalue weighted by atomic mass is 9.85. The highest BCUT2D eigenvalue weighted by Gasteiger charge is 2.41. The summed E-state index contributed by atoms with van der Waals surface area (Å²) in [6, 6.07) is 0.704. The van der Waals surface area contributed by atoms with Gasteiger partial charge in [0.15, 0.2) is 0 Å². The summed E-state index contributed by atoms with van der Waals surface area (Å²) >= 11 is 0. The molecule has 24 heavy (non-hydrogen) atoms. The first-order valence-electron chi connectivity index (χ1n) is 7.42. The zero-order valence-corrected chi connectivity index (χ0v) is 12.9. The van der Waals surface area contributed by atoms with Gasteiger partial charge in [-0.2, -0.15) is 13.2 Å². The molecule has 0 aromatic carbocycles. The van der Waals surface area contributed by atoms with Crippen molar-refractivity contribution in [2.75, 3.05) is 12.4 Å². The number of halogens is 3. The zero-order chi connectivity index (χ0) is 17.9. The highest BCUT2D eigenvalue weighted by molar-refractivity contribution is 5.99. The third-order valence-corrected chi connectivity index (χ3v) is 4.09. The van der Waals surface area contributed by atoms with Crippen LogP contribution in [0, 0.1) is 16.0 Å². The second-order valence-electron chi connectivity index (χ2n) is 5.66. The van der Waals surface area contributed by atoms with Crippen molar-refractivity contribution in [2.24, 2.45) is 5.92 Å². The van der Waals surface area contributed by atoms with Gasteiger partial charge in [-0.3, -0.25) is 14.9 Å². The van der Waals surface area contributed by atoms with Gasteiger partial charge in [-0.1, -0.05) is 0 Å². The first-order valence-corrected chi connectivity index (χ1v) is 7.42. The van der Waals surface area contributed by atoms with Crippen LogP contribution in [0.3, 0.4) is 0 Å². The highest BCUT2D eigenvalue weighted by Crippen LogP contribution is 2.37. The number of rotatable bonds is 4. The van der Waals surface area contributed by atoms with Crippen molar-refractivity contribution in [3.63, 3.8) is 0 Å². The molecule has 2 rings (SSSR count). The molecule has 2 N–H and O–H groups in total. The number of hydrogen-bond acceptors (Lipinski definition) is 5. The molecule has 1 amide bonds. The van der Waals surface area contributed by atoms with Crippen LogP contribution in [-0.4, -0.2) is 35.1 Å². The quantitative estimate of drug-likeness (QED) is 0.645. The van der Waals surface area contributed by atoms with Gasteiger partial charge in [0.05, 0.1) is 16.4 Å². The molecule has 132 valence electrons. The van der Waals surface area contributed by atoms with Gasteiger partial charge in [0.2, 0.25) is 0 Å². The second-order valence-corrected chi connectivity index (χ2v) is 5.66. The average molecular weight is 346 g/mol. The summed E-state index contributed by atoms with van der Waals surface area (Å²) in [6.45, 7) is 0. The number of carbonyl (C=O) groups is 1. The number of nitrogens with zero attached hydrogens (tertiary/aromatic N) is 2. The van der Waals surface area contributed by atoms with Crippen LogP contribution in [0.15, 0.2) is 12.3 Å². The largest absolute Gasteiger partial charge is 0.391 e. The molecule has 0 bridgehead atoms. The van der Waals surface area contributed by atoms with E-state index >= 15 is 0 Å². The molecule has 0 radical (unpaired) electrons. The molecule has 10 heteroatoms. The van der Waals surface area contributed by atoms with Crippen LogP contribution in [0.25, 0.3) is 0 Å². The summed E-state index contributed by atoms with van der Waals surface area (Å²) in [4.78, 5) is 26.3. The Morgan fingerprint density at radius 1 is 1.33 bits per heavy atom. The number of aromatic nitrogens is 1. The molecule has 1 aliphatic carbocycles. The minimum absolute atomic E-state index is 0.00959. The molecule has 1 heterocycles. The standard InChI is InChI=1S/C14H17F3N4O3/c1-18-12-11(6-10(7-19-12)21(23)24)13(22)20-9-4-2-8(3-5-9)14(15,16)17/h6-9H,2-5H2,1H3,(H,18,19)(H,20,22). The highest BCUT2D eigenvalue weighted by atomic mass is 19.4. The molecular weight excluding hydrogens is 329 g/mol. The monoisotopic (exact) mass is 346 g/mol. The number of carbonyl (C=O) groups excluding carboxylic acids is 1. The normalized spacial score (nSPS) is 21.2. The van der Waals surface area contributed by atoms with E-state index < -0.39 is 22.9 Å². The lowest BCUT2D eigenvalue weighted by Gasteiger charge is -2.30. The maximum Gasteiger partial charge on any atom is 0.391 e. The number of amides is 1. The van der Waals surface area contributed by atoms with Gasteiger partial charge in [-0.15, -0.1) is 0 Å². The summed E-state index contributed by atoms with van der Waals surface area (Å²) in [5.74, 6) is -1.76. The topological polar surface area (TPSA) is 97.2 Å². The van der Waals surface area contributed by atoms with Crippen molar-refractivity contribution in [1.82, 2.24) is 10.3 Å². The molecule has 0 aliphatic heterocycles. The molecule has 0 unspecified atom stereocenters. The van der Waals surface area contributed by atoms with Gasteiger partial charge in [0, 0.05) is 19.2 Å². The molecule has 1 saturated carbocycles. The maximum atomic E-state index is 12.6. The summed E-state index contributed by atoms with van der Waals surface area (Å²) in [7, 11) is 1.51. The van der Waals surface area contributed by atoms with E-state index in [0.717, 1.165) is 12.3 Å². The summed E-state index contributed by atoms with van der Waals surface area (Å²) in [5, 5.41) is 16.1. The SMILES string of the molecule is CNc1ncc([N+](=O)[O-])cc1C(=O)NC1CCC(C(F)(F)F)CC1. The van der Waals surface area contributed by atoms with Crippen LogP contribution >= 0.6 is 0 Å². The van der Waals surface area contributed by atoms with Crippen LogP contribution in [0.2, 0.25) is 0 Å². The minimum atomic E-state index is -4.21. The van der Waals surface area contributed by atoms with E-state index in [2.05, 4.69) is 15.6 Å². The Balaban J connectivity index is 2.05. The molecule has 0 atom stereocenters. The Morgan fingerprint density at radius 3 is 2.46 bits per heavy atom. The fourth-order valence-electron chi connectivity index (χ4n) is 2.75. The van der Waals surface area contributed by atoms with Gasteiger partial charge in [0.25, 0.3) is 11.6 Å². The predicted molar refractivity (Wildman–Crippen MR) is 79.7 cm³/mol. The fraction of sp³-hybridized carbons (Fsp3) is 0.571. The minimum Gasteiger partial charge on any atom is -0.372 e. The summed E-state index contributed by atoms with van der Waals surface area (Å²) in [6.07, 6.45) is -2.84. The molecule has 0 saturated heterocycles. The Hall–Kier alpha value is -2.39. The predicted octanol–water partition coefficient (Wildman–Crippen LogP) is 2.88. The first-order chi connectivity index (χ1) is 11.2. The number of hydrogen-bond donors (Lipinski definition) is 2. The van der Waals surface area contributed by atoms with E-state index in [1.807, 2.05) is 0 Å². The summed E-state index contributed by atoms with van der Waals surface area (Å²) in [5.41, 5.74) is -0.343. The van der Waals surface area contributed by atoms with E-state index in [1.54, 1.807) is 0 Å². The zero-order valence-electron chi connectivity index (χ0n) is 12.9. The second kappa shape index (κ2) is 7.02. The molecule has 1 aliphatic rings. The molecule has 1 aromatic heterocycles. The Morgan fingerprint density at radius 2 is 1.96 bits per heavy atom. The van der Waals surface area contributed by atoms with Crippen molar-refractivity contribution in [2.45, 2.75) is 37.9 Å². The van der Waals surface area contributed by atoms with Crippen molar-refractivity contribution in [3.05, 3.63) is 27.9 Å². The van der Waals surface area contributed by atoms with Gasteiger partial charge >= 0.3 is 6.18 Å². The number of anilines is 1. The van der Waals surface area contributed by atoms with Crippen molar-refractivity contribution < 1.29 is 22.9 Å². The van der Waals surface area contributed by atoms with Gasteiger partial charge in [-0.25, -0.2) is 4.98 Å². The third-order valence-electron chi connectivity index (χ3n) is 4.09. The van der Waals surface area contributed by atoms with Crippen molar-refractivity contribution in [1.29, 1.82) is 0 Å². The Labute approximate surface area is 135 Å². The van der Waals surface area contributed by atoms with Crippen LogP contribution in [0.1, 0.15) is 36.0 Å². The van der Waals surface area contributed by atoms with Crippen LogP contribution in [-0.2, 0) is 0 Å². The molecular formula is C14H17F3N4O3. The Kier molecular flexibility index (Phi) is 5.25. The Bertz CT molecular complexity index is 628. The molecule has 7 nitrogen and oxygen atoms in total. The first kappa shape index (κ1) is 18.0. The van der Waals surface area contributed by atoms with Crippen LogP contribution in [0.4, 0.5) is 24.7 Å². The van der Waals surface area contributed by atoms with Crippen LogP contribution in [0.5, 0.6) is 0 Å². The van der Waals surface area contributed by atoms with Crippen molar-refractivity contribution in [3.8, 4) is 0 Å². The van der Waals surface area contributed by atoms with Gasteiger partial charge in [-0.05, 0) is 25.7 Å². The number of nitro groups is 1. The maximum absolute atomic E-state index is 12.6. The fourth-order valence-corrected chi connectivity index (χ4v) is 2.75. The lowest BCUT2D eigenvalue weighted by molar-refractivity contribution is -0.385. The summed E-state index contributed by atoms with van der Waals surface area (Å²) < 4.78 is 37.9. The van der Waals surface area contributed by atoms with E-state index in [1.165, 1.54) is 7.05 Å². The number of nitrogens with one attached hydrogen (secondary N) is 2. The van der Waals surface area contributed by atoms with E-state index in [0.29, 0.717) is 0 Å². The van der Waals surface area contributed by atoms with E-state index in [9.17, 15) is 28.1 Å². The van der Waals surface area contributed by atoms with Gasteiger partial charge < -0.3 is 10.6 Å².